The molecule has 2 nitrogen and oxygen atoms in total. The van der Waals surface area contributed by atoms with Crippen LogP contribution in [0.3, 0.4) is 0 Å². The van der Waals surface area contributed by atoms with E-state index in [-0.39, 0.29) is 10.7 Å². The second-order valence-corrected chi connectivity index (χ2v) is 6.90. The van der Waals surface area contributed by atoms with Gasteiger partial charge < -0.3 is 0 Å². The molecule has 2 fully saturated rings. The van der Waals surface area contributed by atoms with Crippen molar-refractivity contribution in [2.75, 3.05) is 0 Å². The normalized spacial score (nSPS) is 33.6. The van der Waals surface area contributed by atoms with Crippen LogP contribution in [0.5, 0.6) is 0 Å². The highest BCUT2D eigenvalue weighted by Gasteiger charge is 2.60. The molecule has 0 radical (unpaired) electrons. The second kappa shape index (κ2) is 2.61. The minimum Gasteiger partial charge on any atom is -0.212 e. The molecular weight excluding hydrogens is 196 g/mol. The summed E-state index contributed by atoms with van der Waals surface area (Å²) in [6.07, 6.45) is 6.59. The smallest absolute Gasteiger partial charge is 0.212 e. The average molecular weight is 209 g/mol. The molecule has 2 aliphatic rings. The van der Waals surface area contributed by atoms with Gasteiger partial charge in [-0.2, -0.15) is 0 Å². The highest BCUT2D eigenvalue weighted by atomic mass is 35.7. The topological polar surface area (TPSA) is 34.1 Å². The van der Waals surface area contributed by atoms with Gasteiger partial charge in [0, 0.05) is 10.7 Å². The standard InChI is InChI=1S/C8H13ClO2S/c9-12(10,11)7-6-8(7)4-2-1-3-5-8/h7H,1-6H2. The van der Waals surface area contributed by atoms with Crippen LogP contribution in [0.4, 0.5) is 0 Å². The van der Waals surface area contributed by atoms with Crippen molar-refractivity contribution in [3.8, 4) is 0 Å². The maximum absolute atomic E-state index is 11.0. The summed E-state index contributed by atoms with van der Waals surface area (Å²) in [4.78, 5) is 0. The summed E-state index contributed by atoms with van der Waals surface area (Å²) in [6.45, 7) is 0. The summed E-state index contributed by atoms with van der Waals surface area (Å²) < 4.78 is 22.1. The second-order valence-electron chi connectivity index (χ2n) is 4.09. The first kappa shape index (κ1) is 8.82. The Morgan fingerprint density at radius 2 is 1.75 bits per heavy atom. The third-order valence-corrected chi connectivity index (χ3v) is 5.30. The van der Waals surface area contributed by atoms with Crippen molar-refractivity contribution < 1.29 is 8.42 Å². The highest BCUT2D eigenvalue weighted by molar-refractivity contribution is 8.14. The molecule has 0 aliphatic heterocycles. The van der Waals surface area contributed by atoms with Crippen molar-refractivity contribution in [2.24, 2.45) is 5.41 Å². The van der Waals surface area contributed by atoms with E-state index in [1.54, 1.807) is 0 Å². The first-order valence-electron chi connectivity index (χ1n) is 4.48. The van der Waals surface area contributed by atoms with Crippen molar-refractivity contribution in [2.45, 2.75) is 43.8 Å². The molecule has 0 amide bonds. The summed E-state index contributed by atoms with van der Waals surface area (Å²) in [6, 6.07) is 0. The molecule has 0 heterocycles. The quantitative estimate of drug-likeness (QED) is 0.620. The molecule has 0 N–H and O–H groups in total. The zero-order valence-corrected chi connectivity index (χ0v) is 8.50. The van der Waals surface area contributed by atoms with Crippen molar-refractivity contribution >= 4 is 19.7 Å². The van der Waals surface area contributed by atoms with Gasteiger partial charge in [-0.1, -0.05) is 19.3 Å². The molecule has 0 aromatic heterocycles. The third kappa shape index (κ3) is 1.37. The molecule has 1 atom stereocenters. The van der Waals surface area contributed by atoms with E-state index in [0.29, 0.717) is 0 Å². The predicted molar refractivity (Wildman–Crippen MR) is 48.7 cm³/mol. The van der Waals surface area contributed by atoms with Gasteiger partial charge in [-0.3, -0.25) is 0 Å². The Bertz CT molecular complexity index is 277. The van der Waals surface area contributed by atoms with Crippen LogP contribution >= 0.6 is 10.7 Å². The molecule has 0 aromatic carbocycles. The fraction of sp³-hybridized carbons (Fsp3) is 1.00. The van der Waals surface area contributed by atoms with E-state index in [4.69, 9.17) is 10.7 Å². The maximum atomic E-state index is 11.0. The Balaban J connectivity index is 2.09. The lowest BCUT2D eigenvalue weighted by molar-refractivity contribution is 0.337. The fourth-order valence-electron chi connectivity index (χ4n) is 2.49. The first-order chi connectivity index (χ1) is 5.55. The van der Waals surface area contributed by atoms with Gasteiger partial charge in [0.1, 0.15) is 0 Å². The number of hydrogen-bond acceptors (Lipinski definition) is 2. The van der Waals surface area contributed by atoms with E-state index in [9.17, 15) is 8.42 Å². The molecule has 2 saturated carbocycles. The monoisotopic (exact) mass is 208 g/mol. The van der Waals surface area contributed by atoms with E-state index in [2.05, 4.69) is 0 Å². The van der Waals surface area contributed by atoms with Crippen LogP contribution < -0.4 is 0 Å². The Morgan fingerprint density at radius 3 is 2.17 bits per heavy atom. The van der Waals surface area contributed by atoms with Gasteiger partial charge in [0.25, 0.3) is 0 Å². The summed E-state index contributed by atoms with van der Waals surface area (Å²) >= 11 is 0. The summed E-state index contributed by atoms with van der Waals surface area (Å²) in [5.74, 6) is 0. The Hall–Kier alpha value is 0.240. The molecule has 2 rings (SSSR count). The predicted octanol–water partition coefficient (Wildman–Crippen LogP) is 2.28. The van der Waals surface area contributed by atoms with Gasteiger partial charge in [0.15, 0.2) is 0 Å². The van der Waals surface area contributed by atoms with Crippen LogP contribution in [0.15, 0.2) is 0 Å². The van der Waals surface area contributed by atoms with Crippen LogP contribution in [0.25, 0.3) is 0 Å². The lowest BCUT2D eigenvalue weighted by Gasteiger charge is -2.21. The zero-order valence-electron chi connectivity index (χ0n) is 6.92. The van der Waals surface area contributed by atoms with Crippen molar-refractivity contribution in [3.63, 3.8) is 0 Å². The lowest BCUT2D eigenvalue weighted by Crippen LogP contribution is -2.15. The molecule has 0 saturated heterocycles. The van der Waals surface area contributed by atoms with E-state index in [1.165, 1.54) is 19.3 Å². The third-order valence-electron chi connectivity index (χ3n) is 3.30. The number of hydrogen-bond donors (Lipinski definition) is 0. The van der Waals surface area contributed by atoms with Crippen LogP contribution in [0, 0.1) is 5.41 Å². The molecule has 0 bridgehead atoms. The van der Waals surface area contributed by atoms with Gasteiger partial charge in [-0.25, -0.2) is 8.42 Å². The molecule has 1 unspecified atom stereocenters. The summed E-state index contributed by atoms with van der Waals surface area (Å²) in [5, 5.41) is -0.216. The first-order valence-corrected chi connectivity index (χ1v) is 6.85. The molecule has 70 valence electrons. The van der Waals surface area contributed by atoms with Gasteiger partial charge in [-0.15, -0.1) is 0 Å². The average Bonchev–Trinajstić information content (AvgIpc) is 2.65. The van der Waals surface area contributed by atoms with Crippen LogP contribution in [-0.4, -0.2) is 13.7 Å². The van der Waals surface area contributed by atoms with E-state index in [1.807, 2.05) is 0 Å². The fourth-order valence-corrected chi connectivity index (χ4v) is 4.61. The van der Waals surface area contributed by atoms with E-state index in [0.717, 1.165) is 19.3 Å². The SMILES string of the molecule is O=S(=O)(Cl)C1CC12CCCCC2. The Morgan fingerprint density at radius 1 is 1.17 bits per heavy atom. The zero-order chi connectivity index (χ0) is 8.82. The molecule has 0 aromatic rings. The molecule has 4 heteroatoms. The molecular formula is C8H13ClO2S. The van der Waals surface area contributed by atoms with Crippen LogP contribution in [-0.2, 0) is 9.05 Å². The minimum absolute atomic E-state index is 0.110. The van der Waals surface area contributed by atoms with Gasteiger partial charge in [-0.05, 0) is 24.7 Å². The van der Waals surface area contributed by atoms with E-state index < -0.39 is 9.05 Å². The molecule has 12 heavy (non-hydrogen) atoms. The van der Waals surface area contributed by atoms with Gasteiger partial charge in [0.2, 0.25) is 9.05 Å². The lowest BCUT2D eigenvalue weighted by atomic mass is 9.86. The van der Waals surface area contributed by atoms with Gasteiger partial charge in [0.05, 0.1) is 5.25 Å². The highest BCUT2D eigenvalue weighted by Crippen LogP contribution is 2.60. The van der Waals surface area contributed by atoms with Crippen molar-refractivity contribution in [1.82, 2.24) is 0 Å². The largest absolute Gasteiger partial charge is 0.236 e. The van der Waals surface area contributed by atoms with Gasteiger partial charge >= 0.3 is 0 Å². The van der Waals surface area contributed by atoms with Crippen molar-refractivity contribution in [3.05, 3.63) is 0 Å². The minimum atomic E-state index is -3.27. The number of rotatable bonds is 1. The summed E-state index contributed by atoms with van der Waals surface area (Å²) in [7, 11) is 2.06. The maximum Gasteiger partial charge on any atom is 0.236 e. The summed E-state index contributed by atoms with van der Waals surface area (Å²) in [5.41, 5.74) is 0.110. The number of halogens is 1. The van der Waals surface area contributed by atoms with Crippen LogP contribution in [0.1, 0.15) is 38.5 Å². The van der Waals surface area contributed by atoms with E-state index >= 15 is 0 Å². The van der Waals surface area contributed by atoms with Crippen molar-refractivity contribution in [1.29, 1.82) is 0 Å². The molecule has 1 spiro atoms. The Labute approximate surface area is 77.7 Å². The van der Waals surface area contributed by atoms with Crippen LogP contribution in [0.2, 0.25) is 0 Å². The molecule has 2 aliphatic carbocycles. The Kier molecular flexibility index (Phi) is 1.92.